The molecule has 1 aliphatic rings. The summed E-state index contributed by atoms with van der Waals surface area (Å²) in [5.74, 6) is 1.82. The van der Waals surface area contributed by atoms with Gasteiger partial charge in [0, 0.05) is 12.5 Å². The Morgan fingerprint density at radius 3 is 2.15 bits per heavy atom. The first kappa shape index (κ1) is 25.5. The minimum absolute atomic E-state index is 0.166. The van der Waals surface area contributed by atoms with Crippen LogP contribution < -0.4 is 9.47 Å². The number of ether oxygens (including phenoxy) is 3. The molecule has 5 nitrogen and oxygen atoms in total. The summed E-state index contributed by atoms with van der Waals surface area (Å²) >= 11 is 0. The molecule has 5 heteroatoms. The maximum atomic E-state index is 12.6. The number of benzene rings is 2. The molecule has 0 bridgehead atoms. The van der Waals surface area contributed by atoms with Gasteiger partial charge in [0.15, 0.2) is 0 Å². The van der Waals surface area contributed by atoms with E-state index in [2.05, 4.69) is 25.6 Å². The lowest BCUT2D eigenvalue weighted by Gasteiger charge is -2.28. The van der Waals surface area contributed by atoms with E-state index in [1.807, 2.05) is 26.0 Å². The Labute approximate surface area is 203 Å². The third-order valence-electron chi connectivity index (χ3n) is 6.56. The smallest absolute Gasteiger partial charge is 0.343 e. The lowest BCUT2D eigenvalue weighted by molar-refractivity contribution is -0.143. The van der Waals surface area contributed by atoms with Gasteiger partial charge in [0.2, 0.25) is 0 Å². The Morgan fingerprint density at radius 1 is 0.941 bits per heavy atom. The van der Waals surface area contributed by atoms with E-state index in [-0.39, 0.29) is 12.2 Å². The highest BCUT2D eigenvalue weighted by molar-refractivity contribution is 5.91. The minimum Gasteiger partial charge on any atom is -0.491 e. The molecule has 3 rings (SSSR count). The number of hydrogen-bond acceptors (Lipinski definition) is 5. The fourth-order valence-electron chi connectivity index (χ4n) is 4.59. The van der Waals surface area contributed by atoms with Crippen molar-refractivity contribution in [1.82, 2.24) is 0 Å². The SMILES string of the molecule is C=CC(=O)O[C@@H](C)C[C@@H](C)Oc1ccc(C(=O)Oc2ccc(C3CCC(CC)CC3)cc2)cc1. The number of carbonyl (C=O) groups excluding carboxylic acids is 2. The summed E-state index contributed by atoms with van der Waals surface area (Å²) in [6.45, 7) is 9.39. The van der Waals surface area contributed by atoms with Crippen molar-refractivity contribution in [2.75, 3.05) is 0 Å². The number of hydrogen-bond donors (Lipinski definition) is 0. The first-order valence-electron chi connectivity index (χ1n) is 12.3. The van der Waals surface area contributed by atoms with Crippen molar-refractivity contribution in [3.63, 3.8) is 0 Å². The first-order valence-corrected chi connectivity index (χ1v) is 12.3. The zero-order valence-electron chi connectivity index (χ0n) is 20.5. The summed E-state index contributed by atoms with van der Waals surface area (Å²) < 4.78 is 16.6. The molecule has 2 atom stereocenters. The van der Waals surface area contributed by atoms with Crippen LogP contribution in [0.4, 0.5) is 0 Å². The monoisotopic (exact) mass is 464 g/mol. The zero-order valence-corrected chi connectivity index (χ0v) is 20.5. The first-order chi connectivity index (χ1) is 16.4. The molecular formula is C29H36O5. The van der Waals surface area contributed by atoms with Crippen LogP contribution in [0.3, 0.4) is 0 Å². The Balaban J connectivity index is 1.49. The average molecular weight is 465 g/mol. The van der Waals surface area contributed by atoms with Crippen molar-refractivity contribution in [2.24, 2.45) is 5.92 Å². The molecule has 1 fully saturated rings. The summed E-state index contributed by atoms with van der Waals surface area (Å²) in [6.07, 6.45) is 7.60. The second-order valence-electron chi connectivity index (χ2n) is 9.22. The van der Waals surface area contributed by atoms with Crippen LogP contribution >= 0.6 is 0 Å². The second-order valence-corrected chi connectivity index (χ2v) is 9.22. The van der Waals surface area contributed by atoms with Crippen LogP contribution in [0.15, 0.2) is 61.2 Å². The highest BCUT2D eigenvalue weighted by Crippen LogP contribution is 2.37. The van der Waals surface area contributed by atoms with Crippen LogP contribution in [0.1, 0.15) is 81.1 Å². The summed E-state index contributed by atoms with van der Waals surface area (Å²) in [4.78, 5) is 23.8. The van der Waals surface area contributed by atoms with Crippen molar-refractivity contribution in [3.05, 3.63) is 72.3 Å². The number of rotatable bonds is 10. The standard InChI is InChI=1S/C29H36O5/c1-5-22-7-9-23(10-8-22)24-11-15-27(16-12-24)34-29(31)25-13-17-26(18-14-25)32-20(3)19-21(4)33-28(30)6-2/h6,11-18,20-23H,2,5,7-10,19H2,1,3-4H3/t20-,21+,22?,23?/m1/s1. The van der Waals surface area contributed by atoms with Crippen LogP contribution in [0.5, 0.6) is 11.5 Å². The molecule has 1 aliphatic carbocycles. The van der Waals surface area contributed by atoms with E-state index in [0.29, 0.717) is 29.4 Å². The Kier molecular flexibility index (Phi) is 9.32. The van der Waals surface area contributed by atoms with Crippen molar-refractivity contribution in [3.8, 4) is 11.5 Å². The quantitative estimate of drug-likeness (QED) is 0.218. The van der Waals surface area contributed by atoms with E-state index < -0.39 is 11.9 Å². The molecular weight excluding hydrogens is 428 g/mol. The summed E-state index contributed by atoms with van der Waals surface area (Å²) in [6, 6.07) is 14.8. The molecule has 34 heavy (non-hydrogen) atoms. The molecule has 0 aliphatic heterocycles. The van der Waals surface area contributed by atoms with Crippen LogP contribution in [0.2, 0.25) is 0 Å². The maximum Gasteiger partial charge on any atom is 0.343 e. The van der Waals surface area contributed by atoms with E-state index >= 15 is 0 Å². The normalized spacial score (nSPS) is 19.5. The van der Waals surface area contributed by atoms with Crippen LogP contribution in [0.25, 0.3) is 0 Å². The van der Waals surface area contributed by atoms with Gasteiger partial charge in [-0.05, 0) is 93.3 Å². The molecule has 2 aromatic carbocycles. The molecule has 0 spiro atoms. The van der Waals surface area contributed by atoms with Gasteiger partial charge in [-0.1, -0.05) is 32.1 Å². The Morgan fingerprint density at radius 2 is 1.56 bits per heavy atom. The highest BCUT2D eigenvalue weighted by Gasteiger charge is 2.21. The minimum atomic E-state index is -0.448. The van der Waals surface area contributed by atoms with Gasteiger partial charge in [0.1, 0.15) is 17.6 Å². The Hall–Kier alpha value is -3.08. The molecule has 0 saturated heterocycles. The van der Waals surface area contributed by atoms with Crippen molar-refractivity contribution < 1.29 is 23.8 Å². The topological polar surface area (TPSA) is 61.8 Å². The number of carbonyl (C=O) groups is 2. The predicted molar refractivity (Wildman–Crippen MR) is 133 cm³/mol. The van der Waals surface area contributed by atoms with Crippen molar-refractivity contribution in [2.45, 2.75) is 77.4 Å². The Bertz CT molecular complexity index is 939. The van der Waals surface area contributed by atoms with Gasteiger partial charge < -0.3 is 14.2 Å². The molecule has 0 aromatic heterocycles. The van der Waals surface area contributed by atoms with E-state index in [1.165, 1.54) is 37.7 Å². The van der Waals surface area contributed by atoms with Gasteiger partial charge in [0.05, 0.1) is 11.7 Å². The highest BCUT2D eigenvalue weighted by atomic mass is 16.5. The lowest BCUT2D eigenvalue weighted by atomic mass is 9.78. The van der Waals surface area contributed by atoms with E-state index in [0.717, 1.165) is 12.0 Å². The van der Waals surface area contributed by atoms with E-state index in [4.69, 9.17) is 14.2 Å². The van der Waals surface area contributed by atoms with Crippen molar-refractivity contribution in [1.29, 1.82) is 0 Å². The molecule has 182 valence electrons. The van der Waals surface area contributed by atoms with Gasteiger partial charge in [-0.25, -0.2) is 9.59 Å². The second kappa shape index (κ2) is 12.4. The number of esters is 2. The maximum absolute atomic E-state index is 12.6. The summed E-state index contributed by atoms with van der Waals surface area (Å²) in [7, 11) is 0. The van der Waals surface area contributed by atoms with E-state index in [1.54, 1.807) is 24.3 Å². The lowest BCUT2D eigenvalue weighted by Crippen LogP contribution is -2.22. The summed E-state index contributed by atoms with van der Waals surface area (Å²) in [5, 5.41) is 0. The predicted octanol–water partition coefficient (Wildman–Crippen LogP) is 6.86. The van der Waals surface area contributed by atoms with Gasteiger partial charge in [-0.2, -0.15) is 0 Å². The molecule has 0 unspecified atom stereocenters. The zero-order chi connectivity index (χ0) is 24.5. The molecule has 0 radical (unpaired) electrons. The fourth-order valence-corrected chi connectivity index (χ4v) is 4.59. The fraction of sp³-hybridized carbons (Fsp3) is 0.448. The molecule has 0 amide bonds. The van der Waals surface area contributed by atoms with Gasteiger partial charge in [-0.3, -0.25) is 0 Å². The molecule has 2 aromatic rings. The van der Waals surface area contributed by atoms with Crippen LogP contribution in [0, 0.1) is 5.92 Å². The van der Waals surface area contributed by atoms with Crippen LogP contribution in [-0.2, 0) is 9.53 Å². The summed E-state index contributed by atoms with van der Waals surface area (Å²) in [5.41, 5.74) is 1.79. The molecule has 0 N–H and O–H groups in total. The molecule has 0 heterocycles. The molecule has 1 saturated carbocycles. The van der Waals surface area contributed by atoms with Crippen molar-refractivity contribution >= 4 is 11.9 Å². The largest absolute Gasteiger partial charge is 0.491 e. The van der Waals surface area contributed by atoms with Gasteiger partial charge in [0.25, 0.3) is 0 Å². The average Bonchev–Trinajstić information content (AvgIpc) is 2.84. The van der Waals surface area contributed by atoms with Crippen LogP contribution in [-0.4, -0.2) is 24.1 Å². The van der Waals surface area contributed by atoms with E-state index in [9.17, 15) is 9.59 Å². The van der Waals surface area contributed by atoms with Gasteiger partial charge in [-0.15, -0.1) is 0 Å². The van der Waals surface area contributed by atoms with Gasteiger partial charge >= 0.3 is 11.9 Å². The third kappa shape index (κ3) is 7.47. The third-order valence-corrected chi connectivity index (χ3v) is 6.56.